The van der Waals surface area contributed by atoms with Gasteiger partial charge in [-0.25, -0.2) is 4.79 Å². The molecule has 98 valence electrons. The Balaban J connectivity index is 2.33. The zero-order valence-electron chi connectivity index (χ0n) is 10.5. The Hall–Kier alpha value is -2.30. The van der Waals surface area contributed by atoms with E-state index in [1.807, 2.05) is 10.6 Å². The summed E-state index contributed by atoms with van der Waals surface area (Å²) in [7, 11) is 1.56. The van der Waals surface area contributed by atoms with Crippen LogP contribution in [0.1, 0.15) is 22.3 Å². The summed E-state index contributed by atoms with van der Waals surface area (Å²) in [5, 5.41) is 9.57. The molecule has 0 unspecified atom stereocenters. The van der Waals surface area contributed by atoms with Gasteiger partial charge in [0.05, 0.1) is 18.2 Å². The topological polar surface area (TPSA) is 68.5 Å². The predicted octanol–water partition coefficient (Wildman–Crippen LogP) is 1.86. The van der Waals surface area contributed by atoms with Gasteiger partial charge in [0.25, 0.3) is 5.78 Å². The van der Waals surface area contributed by atoms with Crippen LogP contribution in [0, 0.1) is 0 Å². The molecule has 0 fully saturated rings. The molecule has 19 heavy (non-hydrogen) atoms. The number of methoxy groups -OCH3 is 1. The molecule has 5 nitrogen and oxygen atoms in total. The number of benzene rings is 1. The molecule has 2 heterocycles. The molecule has 0 radical (unpaired) electrons. The monoisotopic (exact) mass is 259 g/mol. The number of aromatic nitrogens is 1. The van der Waals surface area contributed by atoms with E-state index in [4.69, 9.17) is 9.84 Å². The van der Waals surface area contributed by atoms with Gasteiger partial charge in [-0.15, -0.1) is 0 Å². The summed E-state index contributed by atoms with van der Waals surface area (Å²) >= 11 is 0. The largest absolute Gasteiger partial charge is 0.497 e. The second-order valence-corrected chi connectivity index (χ2v) is 4.66. The number of carboxylic acids is 1. The molecule has 0 aliphatic carbocycles. The van der Waals surface area contributed by atoms with Crippen LogP contribution >= 0.6 is 0 Å². The molecule has 2 aromatic rings. The fourth-order valence-electron chi connectivity index (χ4n) is 2.72. The number of rotatable bonds is 3. The normalized spacial score (nSPS) is 13.5. The molecule has 5 heteroatoms. The number of carbonyl (C=O) groups excluding carboxylic acids is 1. The van der Waals surface area contributed by atoms with Crippen LogP contribution in [0.4, 0.5) is 0 Å². The highest BCUT2D eigenvalue weighted by molar-refractivity contribution is 6.42. The zero-order chi connectivity index (χ0) is 13.6. The SMILES string of the molecule is COc1cc2c3c(c1)c(C(=O)C(=O)O)cn3CCC2. The van der Waals surface area contributed by atoms with Gasteiger partial charge in [0.1, 0.15) is 5.75 Å². The number of hydrogen-bond donors (Lipinski definition) is 1. The summed E-state index contributed by atoms with van der Waals surface area (Å²) in [6, 6.07) is 3.68. The number of nitrogens with zero attached hydrogens (tertiary/aromatic N) is 1. The highest BCUT2D eigenvalue weighted by Crippen LogP contribution is 2.33. The van der Waals surface area contributed by atoms with Gasteiger partial charge < -0.3 is 14.4 Å². The third-order valence-corrected chi connectivity index (χ3v) is 3.54. The third kappa shape index (κ3) is 1.69. The molecule has 1 aromatic carbocycles. The predicted molar refractivity (Wildman–Crippen MR) is 68.8 cm³/mol. The van der Waals surface area contributed by atoms with Crippen molar-refractivity contribution in [3.63, 3.8) is 0 Å². The van der Waals surface area contributed by atoms with E-state index in [2.05, 4.69) is 0 Å². The smallest absolute Gasteiger partial charge is 0.377 e. The number of ketones is 1. The van der Waals surface area contributed by atoms with Crippen molar-refractivity contribution in [2.75, 3.05) is 7.11 Å². The standard InChI is InChI=1S/C14H13NO4/c1-19-9-5-8-3-2-4-15-7-11(13(16)14(17)18)10(6-9)12(8)15/h5-7H,2-4H2,1H3,(H,17,18). The third-order valence-electron chi connectivity index (χ3n) is 3.54. The van der Waals surface area contributed by atoms with E-state index in [-0.39, 0.29) is 5.56 Å². The van der Waals surface area contributed by atoms with Gasteiger partial charge in [0.2, 0.25) is 0 Å². The van der Waals surface area contributed by atoms with Crippen molar-refractivity contribution in [3.05, 3.63) is 29.5 Å². The van der Waals surface area contributed by atoms with Crippen molar-refractivity contribution >= 4 is 22.7 Å². The van der Waals surface area contributed by atoms with Crippen molar-refractivity contribution < 1.29 is 19.4 Å². The minimum atomic E-state index is -1.43. The maximum atomic E-state index is 11.8. The van der Waals surface area contributed by atoms with Gasteiger partial charge >= 0.3 is 5.97 Å². The molecule has 1 aliphatic rings. The lowest BCUT2D eigenvalue weighted by Gasteiger charge is -2.16. The summed E-state index contributed by atoms with van der Waals surface area (Å²) in [6.45, 7) is 0.808. The first-order valence-electron chi connectivity index (χ1n) is 6.09. The quantitative estimate of drug-likeness (QED) is 0.674. The molecular weight excluding hydrogens is 246 g/mol. The number of aliphatic carboxylic acids is 1. The molecule has 0 bridgehead atoms. The lowest BCUT2D eigenvalue weighted by atomic mass is 10.0. The Morgan fingerprint density at radius 2 is 2.16 bits per heavy atom. The van der Waals surface area contributed by atoms with Crippen LogP contribution in [0.25, 0.3) is 10.9 Å². The van der Waals surface area contributed by atoms with Gasteiger partial charge in [0.15, 0.2) is 0 Å². The van der Waals surface area contributed by atoms with Crippen LogP contribution in [0.3, 0.4) is 0 Å². The lowest BCUT2D eigenvalue weighted by Crippen LogP contribution is -2.12. The minimum absolute atomic E-state index is 0.240. The van der Waals surface area contributed by atoms with Crippen LogP contribution in [-0.4, -0.2) is 28.5 Å². The Labute approximate surface area is 109 Å². The minimum Gasteiger partial charge on any atom is -0.497 e. The van der Waals surface area contributed by atoms with Crippen molar-refractivity contribution in [2.45, 2.75) is 19.4 Å². The molecule has 1 N–H and O–H groups in total. The summed E-state index contributed by atoms with van der Waals surface area (Å²) in [6.07, 6.45) is 3.53. The van der Waals surface area contributed by atoms with E-state index < -0.39 is 11.8 Å². The Kier molecular flexibility index (Phi) is 2.55. The average molecular weight is 259 g/mol. The fourth-order valence-corrected chi connectivity index (χ4v) is 2.72. The zero-order valence-corrected chi connectivity index (χ0v) is 10.5. The van der Waals surface area contributed by atoms with Crippen molar-refractivity contribution in [1.82, 2.24) is 4.57 Å². The summed E-state index contributed by atoms with van der Waals surface area (Å²) in [5.74, 6) is -1.64. The number of carbonyl (C=O) groups is 2. The van der Waals surface area contributed by atoms with Crippen molar-refractivity contribution in [2.24, 2.45) is 0 Å². The van der Waals surface area contributed by atoms with E-state index in [1.54, 1.807) is 19.4 Å². The number of carboxylic acid groups (broad SMARTS) is 1. The van der Waals surface area contributed by atoms with E-state index >= 15 is 0 Å². The first-order valence-corrected chi connectivity index (χ1v) is 6.09. The van der Waals surface area contributed by atoms with E-state index in [0.29, 0.717) is 11.1 Å². The van der Waals surface area contributed by atoms with Crippen LogP contribution in [0.15, 0.2) is 18.3 Å². The maximum Gasteiger partial charge on any atom is 0.377 e. The number of ether oxygens (including phenoxy) is 1. The highest BCUT2D eigenvalue weighted by Gasteiger charge is 2.24. The van der Waals surface area contributed by atoms with Gasteiger partial charge in [-0.05, 0) is 30.5 Å². The van der Waals surface area contributed by atoms with Crippen molar-refractivity contribution in [3.8, 4) is 5.75 Å². The van der Waals surface area contributed by atoms with E-state index in [1.165, 1.54) is 0 Å². The molecular formula is C14H13NO4. The fraction of sp³-hybridized carbons (Fsp3) is 0.286. The van der Waals surface area contributed by atoms with Gasteiger partial charge in [-0.3, -0.25) is 4.79 Å². The molecule has 0 spiro atoms. The summed E-state index contributed by atoms with van der Waals surface area (Å²) in [4.78, 5) is 22.7. The molecule has 3 rings (SSSR count). The Morgan fingerprint density at radius 3 is 2.84 bits per heavy atom. The van der Waals surface area contributed by atoms with E-state index in [9.17, 15) is 9.59 Å². The second-order valence-electron chi connectivity index (χ2n) is 4.66. The number of hydrogen-bond acceptors (Lipinski definition) is 3. The van der Waals surface area contributed by atoms with E-state index in [0.717, 1.165) is 30.5 Å². The molecule has 0 atom stereocenters. The van der Waals surface area contributed by atoms with Crippen LogP contribution in [0.5, 0.6) is 5.75 Å². The molecule has 0 saturated carbocycles. The number of aryl methyl sites for hydroxylation is 2. The molecule has 0 amide bonds. The van der Waals surface area contributed by atoms with Crippen LogP contribution in [-0.2, 0) is 17.8 Å². The van der Waals surface area contributed by atoms with Gasteiger partial charge in [0, 0.05) is 18.1 Å². The first-order chi connectivity index (χ1) is 9.11. The average Bonchev–Trinajstić information content (AvgIpc) is 2.78. The van der Waals surface area contributed by atoms with Crippen molar-refractivity contribution in [1.29, 1.82) is 0 Å². The molecule has 1 aromatic heterocycles. The van der Waals surface area contributed by atoms with Gasteiger partial charge in [-0.1, -0.05) is 0 Å². The number of Topliss-reactive ketones (excluding diaryl/α,β-unsaturated/α-hetero) is 1. The molecule has 1 aliphatic heterocycles. The van der Waals surface area contributed by atoms with Crippen LogP contribution < -0.4 is 4.74 Å². The lowest BCUT2D eigenvalue weighted by molar-refractivity contribution is -0.131. The Bertz CT molecular complexity index is 699. The molecule has 0 saturated heterocycles. The second kappa shape index (κ2) is 4.12. The van der Waals surface area contributed by atoms with Crippen LogP contribution in [0.2, 0.25) is 0 Å². The Morgan fingerprint density at radius 1 is 1.37 bits per heavy atom. The van der Waals surface area contributed by atoms with Gasteiger partial charge in [-0.2, -0.15) is 0 Å². The summed E-state index contributed by atoms with van der Waals surface area (Å²) < 4.78 is 7.19. The maximum absolute atomic E-state index is 11.8. The first kappa shape index (κ1) is 11.8. The highest BCUT2D eigenvalue weighted by atomic mass is 16.5. The summed E-state index contributed by atoms with van der Waals surface area (Å²) in [5.41, 5.74) is 2.30.